The molecule has 0 saturated heterocycles. The molecule has 6 heteroatoms. The normalized spacial score (nSPS) is 11.6. The monoisotopic (exact) mass is 721 g/mol. The molecule has 0 unspecified atom stereocenters. The van der Waals surface area contributed by atoms with Gasteiger partial charge in [0.05, 0.1) is 0 Å². The topological polar surface area (TPSA) is 44.9 Å². The molecule has 4 heterocycles. The summed E-state index contributed by atoms with van der Waals surface area (Å²) in [4.78, 5) is 8.63. The Morgan fingerprint density at radius 2 is 1.52 bits per heavy atom. The molecule has 0 aliphatic carbocycles. The van der Waals surface area contributed by atoms with Gasteiger partial charge in [0.15, 0.2) is 0 Å². The van der Waals surface area contributed by atoms with Crippen molar-refractivity contribution < 1.29 is 24.5 Å². The second-order valence-corrected chi connectivity index (χ2v) is 9.65. The number of para-hydroxylation sites is 3. The fraction of sp³-hybridized carbons (Fsp3) is 0.0278. The van der Waals surface area contributed by atoms with E-state index in [1.807, 2.05) is 103 Å². The molecule has 0 bridgehead atoms. The predicted molar refractivity (Wildman–Crippen MR) is 164 cm³/mol. The Labute approximate surface area is 257 Å². The minimum absolute atomic E-state index is 0. The third-order valence-electron chi connectivity index (χ3n) is 6.88. The van der Waals surface area contributed by atoms with Gasteiger partial charge in [-0.15, -0.1) is 42.0 Å². The molecule has 0 spiro atoms. The molecular weight excluding hydrogens is 697 g/mol. The molecular formula is C36H24IrN4O. The van der Waals surface area contributed by atoms with E-state index in [2.05, 4.69) is 63.0 Å². The summed E-state index contributed by atoms with van der Waals surface area (Å²) in [6.07, 6.45) is 3.61. The number of nitrogens with zero attached hydrogens (tertiary/aromatic N) is 4. The molecule has 1 aliphatic heterocycles. The largest absolute Gasteiger partial charge is 0.501 e. The summed E-state index contributed by atoms with van der Waals surface area (Å²) in [7, 11) is 0. The van der Waals surface area contributed by atoms with Crippen LogP contribution in [0.25, 0.3) is 33.3 Å². The summed E-state index contributed by atoms with van der Waals surface area (Å²) >= 11 is 0. The first-order valence-corrected chi connectivity index (χ1v) is 13.3. The van der Waals surface area contributed by atoms with Crippen LogP contribution in [-0.2, 0) is 20.1 Å². The van der Waals surface area contributed by atoms with E-state index in [0.29, 0.717) is 5.71 Å². The van der Waals surface area contributed by atoms with Crippen molar-refractivity contribution in [1.29, 1.82) is 0 Å². The van der Waals surface area contributed by atoms with Crippen LogP contribution < -0.4 is 9.15 Å². The van der Waals surface area contributed by atoms with E-state index in [4.69, 9.17) is 4.42 Å². The molecule has 7 aromatic rings. The van der Waals surface area contributed by atoms with E-state index >= 15 is 0 Å². The Bertz CT molecular complexity index is 2080. The van der Waals surface area contributed by atoms with Crippen LogP contribution in [0.4, 0.5) is 22.7 Å². The van der Waals surface area contributed by atoms with Crippen LogP contribution in [0, 0.1) is 19.1 Å². The Balaban J connectivity index is 0.000000191. The van der Waals surface area contributed by atoms with Gasteiger partial charge in [-0.2, -0.15) is 6.07 Å². The van der Waals surface area contributed by atoms with Gasteiger partial charge < -0.3 is 9.40 Å². The summed E-state index contributed by atoms with van der Waals surface area (Å²) in [6.45, 7) is 2.03. The van der Waals surface area contributed by atoms with Crippen molar-refractivity contribution in [1.82, 2.24) is 19.1 Å². The van der Waals surface area contributed by atoms with Crippen LogP contribution >= 0.6 is 0 Å². The maximum Gasteiger partial charge on any atom is 0.501 e. The van der Waals surface area contributed by atoms with E-state index in [-0.39, 0.29) is 20.1 Å². The Kier molecular flexibility index (Phi) is 7.68. The fourth-order valence-electron chi connectivity index (χ4n) is 4.85. The number of aryl methyl sites for hydroxylation is 1. The first-order valence-electron chi connectivity index (χ1n) is 13.3. The van der Waals surface area contributed by atoms with Gasteiger partial charge in [0.2, 0.25) is 11.4 Å². The van der Waals surface area contributed by atoms with Crippen LogP contribution in [0.15, 0.2) is 132 Å². The quantitative estimate of drug-likeness (QED) is 0.136. The third kappa shape index (κ3) is 5.23. The molecule has 0 atom stereocenters. The van der Waals surface area contributed by atoms with E-state index in [1.54, 1.807) is 6.20 Å². The summed E-state index contributed by atoms with van der Waals surface area (Å²) in [6, 6.07) is 48.3. The molecule has 0 fully saturated rings. The van der Waals surface area contributed by atoms with E-state index in [9.17, 15) is 0 Å². The van der Waals surface area contributed by atoms with Gasteiger partial charge in [0.25, 0.3) is 11.4 Å². The van der Waals surface area contributed by atoms with Crippen LogP contribution in [-0.4, -0.2) is 16.0 Å². The van der Waals surface area contributed by atoms with Crippen molar-refractivity contribution in [2.75, 3.05) is 0 Å². The minimum atomic E-state index is 0. The Hall–Kier alpha value is -4.99. The van der Waals surface area contributed by atoms with Crippen LogP contribution in [0.2, 0.25) is 0 Å². The summed E-state index contributed by atoms with van der Waals surface area (Å²) in [5, 5.41) is 2.01. The molecule has 0 amide bonds. The van der Waals surface area contributed by atoms with E-state index in [1.165, 1.54) is 5.56 Å². The van der Waals surface area contributed by atoms with Crippen LogP contribution in [0.3, 0.4) is 0 Å². The average Bonchev–Trinajstić information content (AvgIpc) is 3.61. The van der Waals surface area contributed by atoms with E-state index in [0.717, 1.165) is 50.4 Å². The second kappa shape index (κ2) is 11.9. The third-order valence-corrected chi connectivity index (χ3v) is 6.88. The van der Waals surface area contributed by atoms with Gasteiger partial charge in [0, 0.05) is 62.3 Å². The zero-order valence-corrected chi connectivity index (χ0v) is 25.0. The first kappa shape index (κ1) is 27.2. The van der Waals surface area contributed by atoms with Crippen molar-refractivity contribution in [3.8, 4) is 11.3 Å². The zero-order valence-electron chi connectivity index (χ0n) is 22.7. The Morgan fingerprint density at radius 3 is 2.29 bits per heavy atom. The average molecular weight is 721 g/mol. The number of hydrogen-bond donors (Lipinski definition) is 0. The van der Waals surface area contributed by atoms with Crippen LogP contribution in [0.1, 0.15) is 5.56 Å². The fourth-order valence-corrected chi connectivity index (χ4v) is 4.85. The van der Waals surface area contributed by atoms with Crippen molar-refractivity contribution in [2.45, 2.75) is 6.92 Å². The molecule has 1 radical (unpaired) electrons. The van der Waals surface area contributed by atoms with Crippen LogP contribution in [0.5, 0.6) is 0 Å². The smallest absolute Gasteiger partial charge is 0.465 e. The minimum Gasteiger partial charge on any atom is -0.465 e. The number of furan rings is 1. The number of hydrogen-bond acceptors (Lipinski definition) is 3. The number of aromatic nitrogens is 2. The van der Waals surface area contributed by atoms with Gasteiger partial charge >= 0.3 is 6.01 Å². The molecule has 5 nitrogen and oxygen atoms in total. The SMILES string of the molecule is C1=[N+](c2[c-]cc3c(c2)oc2ncccc23)c2ccccc2[N+]=1c1ccccc1.Cc1ccc(-c2[c-]cccc2)nc1.[Ir]. The molecule has 8 rings (SSSR count). The van der Waals surface area contributed by atoms with Crippen molar-refractivity contribution in [2.24, 2.45) is 0 Å². The van der Waals surface area contributed by atoms with Gasteiger partial charge in [0.1, 0.15) is 5.69 Å². The van der Waals surface area contributed by atoms with Gasteiger partial charge in [-0.25, -0.2) is 4.98 Å². The van der Waals surface area contributed by atoms with E-state index < -0.39 is 0 Å². The number of pyridine rings is 2. The Morgan fingerprint density at radius 1 is 0.738 bits per heavy atom. The molecule has 1 aliphatic rings. The van der Waals surface area contributed by atoms with Crippen molar-refractivity contribution in [3.63, 3.8) is 0 Å². The van der Waals surface area contributed by atoms with Gasteiger partial charge in [-0.05, 0) is 34.2 Å². The molecule has 0 saturated carbocycles. The first-order chi connectivity index (χ1) is 20.2. The molecule has 203 valence electrons. The second-order valence-electron chi connectivity index (χ2n) is 9.65. The summed E-state index contributed by atoms with van der Waals surface area (Å²) < 4.78 is 10.0. The number of rotatable bonds is 3. The zero-order chi connectivity index (χ0) is 27.6. The summed E-state index contributed by atoms with van der Waals surface area (Å²) in [5.74, 6) is 0. The van der Waals surface area contributed by atoms with Gasteiger partial charge in [-0.1, -0.05) is 64.6 Å². The standard InChI is InChI=1S/C24H14N3O.C12H10N.Ir/c1-2-7-17(8-3-1)26-16-27(22-11-5-4-10-21(22)26)18-12-13-19-20-9-6-14-25-24(20)28-23(19)15-18;1-10-7-8-12(13-9-10)11-5-3-2-4-6-11;/h1-11,13-15H;2-5,7-9H,1H3;/q+1;-1;. The predicted octanol–water partition coefficient (Wildman–Crippen LogP) is 8.49. The van der Waals surface area contributed by atoms with Crippen molar-refractivity contribution >= 4 is 50.8 Å². The molecule has 0 N–H and O–H groups in total. The van der Waals surface area contributed by atoms with Crippen molar-refractivity contribution in [3.05, 3.63) is 145 Å². The number of fused-ring (bicyclic) bond motifs is 4. The van der Waals surface area contributed by atoms with Gasteiger partial charge in [-0.3, -0.25) is 0 Å². The molecule has 42 heavy (non-hydrogen) atoms. The summed E-state index contributed by atoms with van der Waals surface area (Å²) in [5.41, 5.74) is 8.70. The maximum absolute atomic E-state index is 5.95. The molecule has 4 aromatic carbocycles. The number of benzene rings is 4. The maximum atomic E-state index is 5.95. The molecule has 3 aromatic heterocycles.